The van der Waals surface area contributed by atoms with Crippen molar-refractivity contribution in [2.75, 3.05) is 31.5 Å². The van der Waals surface area contributed by atoms with E-state index in [1.807, 2.05) is 60.7 Å². The van der Waals surface area contributed by atoms with Gasteiger partial charge in [0.25, 0.3) is 0 Å². The fourth-order valence-electron chi connectivity index (χ4n) is 5.48. The van der Waals surface area contributed by atoms with Gasteiger partial charge in [0, 0.05) is 30.0 Å². The van der Waals surface area contributed by atoms with E-state index in [-0.39, 0.29) is 23.7 Å². The molecule has 0 radical (unpaired) electrons. The fourth-order valence-corrected chi connectivity index (χ4v) is 5.48. The van der Waals surface area contributed by atoms with E-state index in [0.717, 1.165) is 37.1 Å². The number of esters is 1. The molecule has 3 aromatic rings. The summed E-state index contributed by atoms with van der Waals surface area (Å²) in [5.41, 5.74) is 2.00. The Kier molecular flexibility index (Phi) is 6.64. The largest absolute Gasteiger partial charge is 0.454 e. The summed E-state index contributed by atoms with van der Waals surface area (Å²) in [7, 11) is 0. The second-order valence-electron chi connectivity index (χ2n) is 9.73. The van der Waals surface area contributed by atoms with Crippen molar-refractivity contribution in [1.82, 2.24) is 0 Å². The van der Waals surface area contributed by atoms with Gasteiger partial charge in [0.2, 0.25) is 5.78 Å². The lowest BCUT2D eigenvalue weighted by molar-refractivity contribution is -0.938. The van der Waals surface area contributed by atoms with Crippen molar-refractivity contribution in [3.63, 3.8) is 0 Å². The summed E-state index contributed by atoms with van der Waals surface area (Å²) < 4.78 is 20.6. The van der Waals surface area contributed by atoms with E-state index in [9.17, 15) is 14.0 Å². The number of nitrogens with zero attached hydrogens (tertiary/aromatic N) is 1. The van der Waals surface area contributed by atoms with Crippen molar-refractivity contribution >= 4 is 17.4 Å². The number of rotatable bonds is 8. The Morgan fingerprint density at radius 3 is 2.31 bits per heavy atom. The zero-order chi connectivity index (χ0) is 24.3. The van der Waals surface area contributed by atoms with Crippen LogP contribution < -0.4 is 5.32 Å². The molecule has 3 saturated heterocycles. The first-order chi connectivity index (χ1) is 17.0. The second-order valence-corrected chi connectivity index (χ2v) is 9.73. The van der Waals surface area contributed by atoms with Gasteiger partial charge in [0.05, 0.1) is 13.1 Å². The van der Waals surface area contributed by atoms with Gasteiger partial charge in [-0.05, 0) is 23.8 Å². The zero-order valence-electron chi connectivity index (χ0n) is 19.6. The first-order valence-corrected chi connectivity index (χ1v) is 12.2. The van der Waals surface area contributed by atoms with Crippen LogP contribution in [-0.4, -0.2) is 48.5 Å². The third kappa shape index (κ3) is 5.28. The third-order valence-corrected chi connectivity index (χ3v) is 7.39. The molecule has 1 unspecified atom stereocenters. The van der Waals surface area contributed by atoms with Crippen LogP contribution in [0.25, 0.3) is 0 Å². The molecule has 6 heteroatoms. The Hall–Kier alpha value is -3.51. The van der Waals surface area contributed by atoms with Gasteiger partial charge in [0.1, 0.15) is 18.9 Å². The summed E-state index contributed by atoms with van der Waals surface area (Å²) >= 11 is 0. The molecule has 3 aliphatic rings. The van der Waals surface area contributed by atoms with E-state index in [2.05, 4.69) is 5.32 Å². The van der Waals surface area contributed by atoms with Crippen LogP contribution in [0.15, 0.2) is 84.9 Å². The number of benzene rings is 3. The minimum atomic E-state index is -0.757. The average Bonchev–Trinajstić information content (AvgIpc) is 2.89. The number of piperidine rings is 3. The van der Waals surface area contributed by atoms with E-state index in [0.29, 0.717) is 29.2 Å². The van der Waals surface area contributed by atoms with Gasteiger partial charge in [0.15, 0.2) is 12.1 Å². The lowest BCUT2D eigenvalue weighted by Gasteiger charge is -2.51. The highest BCUT2D eigenvalue weighted by Crippen LogP contribution is 2.36. The van der Waals surface area contributed by atoms with Gasteiger partial charge >= 0.3 is 5.97 Å². The van der Waals surface area contributed by atoms with Crippen LogP contribution in [0.3, 0.4) is 0 Å². The number of halogens is 1. The molecule has 3 aliphatic heterocycles. The third-order valence-electron chi connectivity index (χ3n) is 7.39. The van der Waals surface area contributed by atoms with E-state index in [1.54, 1.807) is 12.1 Å². The van der Waals surface area contributed by atoms with E-state index in [4.69, 9.17) is 4.74 Å². The van der Waals surface area contributed by atoms with Crippen LogP contribution in [-0.2, 0) is 9.53 Å². The topological polar surface area (TPSA) is 55.4 Å². The minimum absolute atomic E-state index is 0.131. The van der Waals surface area contributed by atoms with Gasteiger partial charge in [-0.2, -0.15) is 0 Å². The number of ketones is 1. The van der Waals surface area contributed by atoms with Crippen molar-refractivity contribution in [3.05, 3.63) is 102 Å². The molecule has 0 amide bonds. The van der Waals surface area contributed by atoms with Crippen LogP contribution in [0.4, 0.5) is 10.1 Å². The smallest absolute Gasteiger partial charge is 0.333 e. The lowest BCUT2D eigenvalue weighted by atomic mass is 9.82. The Labute approximate surface area is 205 Å². The number of hydrogen-bond acceptors (Lipinski definition) is 4. The first-order valence-electron chi connectivity index (χ1n) is 12.2. The molecule has 2 bridgehead atoms. The van der Waals surface area contributed by atoms with Crippen molar-refractivity contribution < 1.29 is 23.2 Å². The number of anilines is 1. The summed E-state index contributed by atoms with van der Waals surface area (Å²) in [5, 5.41) is 3.16. The van der Waals surface area contributed by atoms with Crippen molar-refractivity contribution in [3.8, 4) is 0 Å². The Morgan fingerprint density at radius 2 is 1.63 bits per heavy atom. The maximum Gasteiger partial charge on any atom is 0.333 e. The van der Waals surface area contributed by atoms with Crippen molar-refractivity contribution in [2.45, 2.75) is 25.0 Å². The summed E-state index contributed by atoms with van der Waals surface area (Å²) in [6, 6.07) is 24.1. The highest BCUT2D eigenvalue weighted by molar-refractivity contribution is 5.97. The maximum atomic E-state index is 13.8. The average molecular weight is 474 g/mol. The molecule has 1 N–H and O–H groups in total. The predicted octanol–water partition coefficient (Wildman–Crippen LogP) is 5.01. The van der Waals surface area contributed by atoms with Gasteiger partial charge in [-0.1, -0.05) is 66.7 Å². The van der Waals surface area contributed by atoms with Crippen LogP contribution in [0.5, 0.6) is 0 Å². The number of hydrogen-bond donors (Lipinski definition) is 1. The quantitative estimate of drug-likeness (QED) is 0.284. The minimum Gasteiger partial charge on any atom is -0.454 e. The highest BCUT2D eigenvalue weighted by atomic mass is 19.1. The number of quaternary nitrogens is 1. The molecule has 3 fully saturated rings. The molecule has 0 spiro atoms. The SMILES string of the molecule is O=C(C[N+]12CCC(CC1)[C@@H](OC(=O)C(Nc1cccc(F)c1)c1ccccc1)C2)c1ccccc1. The monoisotopic (exact) mass is 473 g/mol. The molecule has 35 heavy (non-hydrogen) atoms. The summed E-state index contributed by atoms with van der Waals surface area (Å²) in [5.74, 6) is -0.323. The van der Waals surface area contributed by atoms with Crippen molar-refractivity contribution in [1.29, 1.82) is 0 Å². The highest BCUT2D eigenvalue weighted by Gasteiger charge is 2.49. The van der Waals surface area contributed by atoms with Crippen molar-refractivity contribution in [2.24, 2.45) is 5.92 Å². The molecule has 3 heterocycles. The Bertz CT molecular complexity index is 1180. The van der Waals surface area contributed by atoms with Crippen LogP contribution in [0.2, 0.25) is 0 Å². The fraction of sp³-hybridized carbons (Fsp3) is 0.310. The number of carbonyl (C=O) groups excluding carboxylic acids is 2. The number of nitrogens with one attached hydrogen (secondary N) is 1. The molecule has 0 aromatic heterocycles. The molecule has 180 valence electrons. The number of ether oxygens (including phenoxy) is 1. The van der Waals surface area contributed by atoms with E-state index >= 15 is 0 Å². The van der Waals surface area contributed by atoms with Gasteiger partial charge in [-0.3, -0.25) is 4.79 Å². The Morgan fingerprint density at radius 1 is 0.943 bits per heavy atom. The second kappa shape index (κ2) is 10.0. The van der Waals surface area contributed by atoms with Gasteiger partial charge in [-0.25, -0.2) is 9.18 Å². The molecule has 0 aliphatic carbocycles. The maximum absolute atomic E-state index is 13.8. The lowest BCUT2D eigenvalue weighted by Crippen LogP contribution is -2.65. The van der Waals surface area contributed by atoms with E-state index < -0.39 is 6.04 Å². The molecule has 6 rings (SSSR count). The van der Waals surface area contributed by atoms with Crippen LogP contribution >= 0.6 is 0 Å². The van der Waals surface area contributed by atoms with E-state index in [1.165, 1.54) is 12.1 Å². The molecular formula is C29H30FN2O3+. The first kappa shape index (κ1) is 23.2. The van der Waals surface area contributed by atoms with Crippen LogP contribution in [0, 0.1) is 11.7 Å². The molecule has 5 nitrogen and oxygen atoms in total. The standard InChI is InChI=1S/C29H30FN2O3/c30-24-12-7-13-25(18-24)31-28(23-10-5-2-6-11-23)29(34)35-27-20-32(16-14-22(27)15-17-32)19-26(33)21-8-3-1-4-9-21/h1-13,18,22,27-28,31H,14-17,19-20H2/q+1/t22?,27-,28?,32?/m0/s1. The Balaban J connectivity index is 1.32. The van der Waals surface area contributed by atoms with Gasteiger partial charge in [-0.15, -0.1) is 0 Å². The molecular weight excluding hydrogens is 443 g/mol. The number of Topliss-reactive ketones (excluding diaryl/α,β-unsaturated/α-hetero) is 1. The molecule has 2 atom stereocenters. The number of carbonyl (C=O) groups is 2. The summed E-state index contributed by atoms with van der Waals surface area (Å²) in [6.07, 6.45) is 1.63. The zero-order valence-corrected chi connectivity index (χ0v) is 19.6. The molecule has 3 aromatic carbocycles. The summed E-state index contributed by atoms with van der Waals surface area (Å²) in [4.78, 5) is 26.5. The molecule has 0 saturated carbocycles. The summed E-state index contributed by atoms with van der Waals surface area (Å²) in [6.45, 7) is 2.94. The normalized spacial score (nSPS) is 23.9. The van der Waals surface area contributed by atoms with Gasteiger partial charge < -0.3 is 14.5 Å². The van der Waals surface area contributed by atoms with Crippen LogP contribution in [0.1, 0.15) is 34.8 Å². The number of fused-ring (bicyclic) bond motifs is 3. The predicted molar refractivity (Wildman–Crippen MR) is 132 cm³/mol.